The van der Waals surface area contributed by atoms with Gasteiger partial charge in [0.25, 0.3) is 5.91 Å². The second-order valence-electron chi connectivity index (χ2n) is 5.83. The number of aromatic nitrogens is 1. The van der Waals surface area contributed by atoms with Crippen molar-refractivity contribution in [1.82, 2.24) is 15.4 Å². The van der Waals surface area contributed by atoms with Gasteiger partial charge in [-0.1, -0.05) is 24.2 Å². The first kappa shape index (κ1) is 18.3. The molecule has 8 heteroatoms. The fourth-order valence-electron chi connectivity index (χ4n) is 2.88. The van der Waals surface area contributed by atoms with Gasteiger partial charge in [0.2, 0.25) is 5.91 Å². The zero-order valence-electron chi connectivity index (χ0n) is 14.7. The lowest BCUT2D eigenvalue weighted by Crippen LogP contribution is -2.56. The van der Waals surface area contributed by atoms with E-state index in [1.807, 2.05) is 37.4 Å². The van der Waals surface area contributed by atoms with E-state index in [1.165, 1.54) is 0 Å². The number of carbonyl (C=O) groups excluding carboxylic acids is 2. The Labute approximate surface area is 156 Å². The molecular weight excluding hydrogens is 354 g/mol. The number of ether oxygens (including phenoxy) is 1. The lowest BCUT2D eigenvalue weighted by Gasteiger charge is -2.33. The van der Waals surface area contributed by atoms with Gasteiger partial charge in [-0.2, -0.15) is 0 Å². The lowest BCUT2D eigenvalue weighted by atomic mass is 10.1. The number of nitrogens with one attached hydrogen (secondary N) is 1. The zero-order valence-corrected chi connectivity index (χ0v) is 15.5. The van der Waals surface area contributed by atoms with Gasteiger partial charge in [-0.25, -0.2) is 0 Å². The van der Waals surface area contributed by atoms with Gasteiger partial charge in [0.1, 0.15) is 18.4 Å². The number of piperazine rings is 1. The minimum atomic E-state index is -0.471. The highest BCUT2D eigenvalue weighted by Gasteiger charge is 2.33. The van der Waals surface area contributed by atoms with Gasteiger partial charge < -0.3 is 19.5 Å². The van der Waals surface area contributed by atoms with Gasteiger partial charge >= 0.3 is 0 Å². The van der Waals surface area contributed by atoms with Crippen LogP contribution in [0.5, 0.6) is 5.75 Å². The molecule has 0 aliphatic carbocycles. The van der Waals surface area contributed by atoms with Crippen molar-refractivity contribution in [2.75, 3.05) is 19.3 Å². The van der Waals surface area contributed by atoms with E-state index in [9.17, 15) is 9.59 Å². The van der Waals surface area contributed by atoms with Crippen LogP contribution < -0.4 is 10.1 Å². The number of hydrogen-bond acceptors (Lipinski definition) is 6. The normalized spacial score (nSPS) is 17.1. The Bertz CT molecular complexity index is 792. The number of carbonyl (C=O) groups is 2. The van der Waals surface area contributed by atoms with Crippen molar-refractivity contribution in [2.45, 2.75) is 30.9 Å². The second kappa shape index (κ2) is 8.27. The SMILES string of the molecule is CC[C@H]1C(=O)NCCN1C(=O)c1cc(COc2ccccc2SC)on1. The van der Waals surface area contributed by atoms with Crippen molar-refractivity contribution >= 4 is 23.6 Å². The Kier molecular flexibility index (Phi) is 5.82. The van der Waals surface area contributed by atoms with Crippen LogP contribution in [0.3, 0.4) is 0 Å². The number of hydrogen-bond donors (Lipinski definition) is 1. The topological polar surface area (TPSA) is 84.7 Å². The molecule has 138 valence electrons. The summed E-state index contributed by atoms with van der Waals surface area (Å²) < 4.78 is 11.0. The molecule has 0 radical (unpaired) electrons. The molecule has 1 aromatic carbocycles. The molecule has 1 aromatic heterocycles. The van der Waals surface area contributed by atoms with E-state index in [4.69, 9.17) is 9.26 Å². The molecule has 26 heavy (non-hydrogen) atoms. The first-order valence-corrected chi connectivity index (χ1v) is 9.66. The van der Waals surface area contributed by atoms with Crippen molar-refractivity contribution in [2.24, 2.45) is 0 Å². The Morgan fingerprint density at radius 1 is 1.46 bits per heavy atom. The maximum Gasteiger partial charge on any atom is 0.276 e. The van der Waals surface area contributed by atoms with Crippen LogP contribution in [0.1, 0.15) is 29.6 Å². The van der Waals surface area contributed by atoms with Crippen molar-refractivity contribution in [3.05, 3.63) is 41.8 Å². The minimum absolute atomic E-state index is 0.132. The summed E-state index contributed by atoms with van der Waals surface area (Å²) in [5.41, 5.74) is 0.190. The van der Waals surface area contributed by atoms with Crippen molar-refractivity contribution in [3.63, 3.8) is 0 Å². The van der Waals surface area contributed by atoms with E-state index in [-0.39, 0.29) is 24.1 Å². The van der Waals surface area contributed by atoms with Crippen LogP contribution in [-0.2, 0) is 11.4 Å². The van der Waals surface area contributed by atoms with Gasteiger partial charge in [-0.05, 0) is 24.8 Å². The van der Waals surface area contributed by atoms with E-state index in [0.29, 0.717) is 25.3 Å². The van der Waals surface area contributed by atoms with E-state index in [1.54, 1.807) is 22.7 Å². The third-order valence-corrected chi connectivity index (χ3v) is 4.97. The van der Waals surface area contributed by atoms with Gasteiger partial charge in [-0.3, -0.25) is 9.59 Å². The molecule has 2 heterocycles. The number of rotatable bonds is 6. The van der Waals surface area contributed by atoms with Crippen LogP contribution in [0.4, 0.5) is 0 Å². The zero-order chi connectivity index (χ0) is 18.5. The molecule has 2 aromatic rings. The third kappa shape index (κ3) is 3.85. The molecule has 0 spiro atoms. The number of thioether (sulfide) groups is 1. The molecule has 1 atom stereocenters. The van der Waals surface area contributed by atoms with E-state index < -0.39 is 6.04 Å². The van der Waals surface area contributed by atoms with Gasteiger partial charge in [0.05, 0.1) is 0 Å². The van der Waals surface area contributed by atoms with Gasteiger partial charge in [0.15, 0.2) is 11.5 Å². The van der Waals surface area contributed by atoms with Crippen molar-refractivity contribution in [1.29, 1.82) is 0 Å². The summed E-state index contributed by atoms with van der Waals surface area (Å²) in [5.74, 6) is 0.779. The molecule has 0 bridgehead atoms. The number of benzene rings is 1. The summed E-state index contributed by atoms with van der Waals surface area (Å²) in [5, 5.41) is 6.63. The molecule has 0 saturated carbocycles. The maximum atomic E-state index is 12.7. The average molecular weight is 375 g/mol. The highest BCUT2D eigenvalue weighted by atomic mass is 32.2. The van der Waals surface area contributed by atoms with Gasteiger partial charge in [0, 0.05) is 24.1 Å². The molecule has 7 nitrogen and oxygen atoms in total. The molecule has 1 N–H and O–H groups in total. The van der Waals surface area contributed by atoms with Gasteiger partial charge in [-0.15, -0.1) is 11.8 Å². The second-order valence-corrected chi connectivity index (χ2v) is 6.68. The largest absolute Gasteiger partial charge is 0.484 e. The van der Waals surface area contributed by atoms with E-state index >= 15 is 0 Å². The van der Waals surface area contributed by atoms with Crippen molar-refractivity contribution in [3.8, 4) is 5.75 Å². The first-order chi connectivity index (χ1) is 12.6. The van der Waals surface area contributed by atoms with Crippen LogP contribution in [-0.4, -0.2) is 47.3 Å². The minimum Gasteiger partial charge on any atom is -0.484 e. The first-order valence-electron chi connectivity index (χ1n) is 8.44. The van der Waals surface area contributed by atoms with Crippen LogP contribution in [0.25, 0.3) is 0 Å². The fourth-order valence-corrected chi connectivity index (χ4v) is 3.42. The predicted octanol–water partition coefficient (Wildman–Crippen LogP) is 2.33. The lowest BCUT2D eigenvalue weighted by molar-refractivity contribution is -0.127. The Morgan fingerprint density at radius 2 is 2.27 bits per heavy atom. The summed E-state index contributed by atoms with van der Waals surface area (Å²) in [6.45, 7) is 2.96. The van der Waals surface area contributed by atoms with E-state index in [2.05, 4.69) is 10.5 Å². The molecule has 1 aliphatic rings. The molecule has 1 saturated heterocycles. The highest BCUT2D eigenvalue weighted by molar-refractivity contribution is 7.98. The van der Waals surface area contributed by atoms with Crippen LogP contribution in [0.2, 0.25) is 0 Å². The average Bonchev–Trinajstić information content (AvgIpc) is 3.14. The summed E-state index contributed by atoms with van der Waals surface area (Å²) >= 11 is 1.59. The Balaban J connectivity index is 1.67. The quantitative estimate of drug-likeness (QED) is 0.780. The van der Waals surface area contributed by atoms with Crippen LogP contribution in [0.15, 0.2) is 39.8 Å². The third-order valence-electron chi connectivity index (χ3n) is 4.20. The molecule has 0 unspecified atom stereocenters. The summed E-state index contributed by atoms with van der Waals surface area (Å²) in [6, 6.07) is 8.80. The molecule has 1 fully saturated rings. The van der Waals surface area contributed by atoms with Crippen molar-refractivity contribution < 1.29 is 18.8 Å². The fraction of sp³-hybridized carbons (Fsp3) is 0.389. The molecule has 3 rings (SSSR count). The number of amides is 2. The van der Waals surface area contributed by atoms with Crippen LogP contribution >= 0.6 is 11.8 Å². The Hall–Kier alpha value is -2.48. The van der Waals surface area contributed by atoms with E-state index in [0.717, 1.165) is 10.6 Å². The molecule has 2 amide bonds. The number of para-hydroxylation sites is 1. The Morgan fingerprint density at radius 3 is 3.04 bits per heavy atom. The molecule has 1 aliphatic heterocycles. The summed E-state index contributed by atoms with van der Waals surface area (Å²) in [7, 11) is 0. The maximum absolute atomic E-state index is 12.7. The highest BCUT2D eigenvalue weighted by Crippen LogP contribution is 2.27. The number of nitrogens with zero attached hydrogens (tertiary/aromatic N) is 2. The monoisotopic (exact) mass is 375 g/mol. The summed E-state index contributed by atoms with van der Waals surface area (Å²) in [4.78, 5) is 27.2. The smallest absolute Gasteiger partial charge is 0.276 e. The standard InChI is InChI=1S/C18H21N3O4S/c1-3-14-17(22)19-8-9-21(14)18(23)13-10-12(25-20-13)11-24-15-6-4-5-7-16(15)26-2/h4-7,10,14H,3,8-9,11H2,1-2H3,(H,19,22)/t14-/m0/s1. The summed E-state index contributed by atoms with van der Waals surface area (Å²) in [6.07, 6.45) is 2.53. The molecular formula is C18H21N3O4S. The van der Waals surface area contributed by atoms with Crippen LogP contribution in [0, 0.1) is 0 Å². The predicted molar refractivity (Wildman–Crippen MR) is 97.2 cm³/mol.